The van der Waals surface area contributed by atoms with Crippen molar-refractivity contribution in [3.8, 4) is 0 Å². The maximum absolute atomic E-state index is 12.9. The van der Waals surface area contributed by atoms with Crippen molar-refractivity contribution >= 4 is 22.2 Å². The molecule has 124 valence electrons. The van der Waals surface area contributed by atoms with Crippen LogP contribution in [0.25, 0.3) is 6.08 Å². The molecule has 0 spiro atoms. The summed E-state index contributed by atoms with van der Waals surface area (Å²) in [6, 6.07) is 12.9. The predicted molar refractivity (Wildman–Crippen MR) is 89.3 cm³/mol. The van der Waals surface area contributed by atoms with Gasteiger partial charge in [-0.25, -0.2) is 0 Å². The second-order valence-electron chi connectivity index (χ2n) is 5.44. The number of ketones is 1. The smallest absolute Gasteiger partial charge is 0.292 e. The normalized spacial score (nSPS) is 21.1. The van der Waals surface area contributed by atoms with E-state index in [1.807, 2.05) is 6.07 Å². The Morgan fingerprint density at radius 1 is 1.12 bits per heavy atom. The first-order valence-corrected chi connectivity index (χ1v) is 8.81. The van der Waals surface area contributed by atoms with Gasteiger partial charge in [-0.1, -0.05) is 36.4 Å². The highest BCUT2D eigenvalue weighted by Crippen LogP contribution is 2.33. The summed E-state index contributed by atoms with van der Waals surface area (Å²) < 4.78 is 33.7. The van der Waals surface area contributed by atoms with Gasteiger partial charge in [-0.05, 0) is 30.2 Å². The Morgan fingerprint density at radius 2 is 1.83 bits per heavy atom. The van der Waals surface area contributed by atoms with E-state index in [9.17, 15) is 17.8 Å². The van der Waals surface area contributed by atoms with E-state index in [0.29, 0.717) is 16.8 Å². The first kappa shape index (κ1) is 16.5. The van der Waals surface area contributed by atoms with Crippen LogP contribution >= 0.6 is 0 Å². The van der Waals surface area contributed by atoms with Gasteiger partial charge in [-0.2, -0.15) is 12.7 Å². The van der Waals surface area contributed by atoms with Gasteiger partial charge in [0.1, 0.15) is 6.04 Å². The zero-order valence-electron chi connectivity index (χ0n) is 12.7. The molecular weight excluding hydrogens is 328 g/mol. The molecule has 0 aliphatic carbocycles. The van der Waals surface area contributed by atoms with Crippen molar-refractivity contribution in [3.05, 3.63) is 71.6 Å². The summed E-state index contributed by atoms with van der Waals surface area (Å²) in [6.07, 6.45) is 3.51. The van der Waals surface area contributed by atoms with E-state index < -0.39 is 16.3 Å². The fraction of sp³-hybridized carbons (Fsp3) is 0.176. The number of piperidine rings is 1. The average molecular weight is 344 g/mol. The lowest BCUT2D eigenvalue weighted by Gasteiger charge is -2.33. The lowest BCUT2D eigenvalue weighted by molar-refractivity contribution is -0.120. The summed E-state index contributed by atoms with van der Waals surface area (Å²) in [5.74, 6) is -0.351. The molecule has 0 radical (unpaired) electrons. The summed E-state index contributed by atoms with van der Waals surface area (Å²) in [6.45, 7) is 0.0306. The Morgan fingerprint density at radius 3 is 2.46 bits per heavy atom. The molecule has 1 aliphatic rings. The lowest BCUT2D eigenvalue weighted by atomic mass is 9.91. The van der Waals surface area contributed by atoms with Crippen molar-refractivity contribution in [2.75, 3.05) is 6.54 Å². The van der Waals surface area contributed by atoms with Gasteiger partial charge in [0, 0.05) is 18.3 Å². The first-order chi connectivity index (χ1) is 11.5. The molecule has 1 atom stereocenters. The molecule has 0 bridgehead atoms. The largest absolute Gasteiger partial charge is 0.336 e. The summed E-state index contributed by atoms with van der Waals surface area (Å²) in [4.78, 5) is 17.0. The topological polar surface area (TPSA) is 87.6 Å². The fourth-order valence-corrected chi connectivity index (χ4v) is 3.58. The van der Waals surface area contributed by atoms with Crippen LogP contribution in [-0.2, 0) is 15.1 Å². The highest BCUT2D eigenvalue weighted by molar-refractivity contribution is 7.83. The van der Waals surface area contributed by atoms with Gasteiger partial charge < -0.3 is 0 Å². The third-order valence-electron chi connectivity index (χ3n) is 3.88. The number of rotatable bonds is 3. The minimum atomic E-state index is -4.48. The van der Waals surface area contributed by atoms with Gasteiger partial charge >= 0.3 is 10.3 Å². The van der Waals surface area contributed by atoms with Crippen LogP contribution in [0.1, 0.15) is 23.7 Å². The van der Waals surface area contributed by atoms with Crippen molar-refractivity contribution in [3.63, 3.8) is 0 Å². The number of carbonyl (C=O) groups is 1. The molecule has 1 aliphatic heterocycles. The van der Waals surface area contributed by atoms with E-state index in [1.54, 1.807) is 54.7 Å². The van der Waals surface area contributed by atoms with Gasteiger partial charge in [0.25, 0.3) is 0 Å². The molecule has 2 heterocycles. The van der Waals surface area contributed by atoms with Crippen molar-refractivity contribution < 1.29 is 17.8 Å². The molecular formula is C17H16N2O4S. The number of hydrogen-bond acceptors (Lipinski definition) is 4. The van der Waals surface area contributed by atoms with Crippen LogP contribution in [0.5, 0.6) is 0 Å². The van der Waals surface area contributed by atoms with E-state index in [2.05, 4.69) is 4.98 Å². The quantitative estimate of drug-likeness (QED) is 0.682. The summed E-state index contributed by atoms with van der Waals surface area (Å²) >= 11 is 0. The highest BCUT2D eigenvalue weighted by atomic mass is 32.2. The molecule has 0 saturated carbocycles. The molecule has 6 nitrogen and oxygen atoms in total. The predicted octanol–water partition coefficient (Wildman–Crippen LogP) is 2.28. The molecule has 24 heavy (non-hydrogen) atoms. The Balaban J connectivity index is 2.02. The molecule has 1 N–H and O–H groups in total. The van der Waals surface area contributed by atoms with Gasteiger partial charge in [-0.15, -0.1) is 0 Å². The molecule has 3 rings (SSSR count). The Bertz CT molecular complexity index is 864. The molecule has 1 unspecified atom stereocenters. The zero-order valence-corrected chi connectivity index (χ0v) is 13.6. The molecule has 1 aromatic carbocycles. The molecule has 0 amide bonds. The monoisotopic (exact) mass is 344 g/mol. The van der Waals surface area contributed by atoms with E-state index in [0.717, 1.165) is 4.31 Å². The number of nitrogens with zero attached hydrogens (tertiary/aromatic N) is 2. The van der Waals surface area contributed by atoms with Crippen LogP contribution in [0, 0.1) is 0 Å². The number of benzene rings is 1. The number of carbonyl (C=O) groups excluding carboxylic acids is 1. The molecule has 1 fully saturated rings. The van der Waals surface area contributed by atoms with Gasteiger partial charge in [0.05, 0.1) is 5.69 Å². The van der Waals surface area contributed by atoms with Crippen LogP contribution in [0.2, 0.25) is 0 Å². The first-order valence-electron chi connectivity index (χ1n) is 7.42. The van der Waals surface area contributed by atoms with Crippen molar-refractivity contribution in [1.82, 2.24) is 9.29 Å². The Hall–Kier alpha value is -2.35. The van der Waals surface area contributed by atoms with E-state index in [1.165, 1.54) is 0 Å². The molecule has 2 aromatic rings. The minimum Gasteiger partial charge on any atom is -0.292 e. The highest BCUT2D eigenvalue weighted by Gasteiger charge is 2.40. The van der Waals surface area contributed by atoms with Gasteiger partial charge in [-0.3, -0.25) is 14.3 Å². The number of Topliss-reactive ketones (excluding diaryl/α,β-unsaturated/α-hetero) is 1. The second kappa shape index (κ2) is 6.64. The molecule has 7 heteroatoms. The van der Waals surface area contributed by atoms with Gasteiger partial charge in [0.2, 0.25) is 0 Å². The van der Waals surface area contributed by atoms with Crippen LogP contribution in [0.3, 0.4) is 0 Å². The lowest BCUT2D eigenvalue weighted by Crippen LogP contribution is -2.43. The number of hydrogen-bond donors (Lipinski definition) is 1. The fourth-order valence-electron chi connectivity index (χ4n) is 2.77. The van der Waals surface area contributed by atoms with Crippen molar-refractivity contribution in [2.24, 2.45) is 0 Å². The SMILES string of the molecule is O=C1C(=Cc2ccccn2)CCN(S(=O)(=O)O)C1c1ccccc1. The summed E-state index contributed by atoms with van der Waals surface area (Å²) in [5, 5.41) is 0. The number of pyridine rings is 1. The van der Waals surface area contributed by atoms with Crippen molar-refractivity contribution in [1.29, 1.82) is 0 Å². The van der Waals surface area contributed by atoms with E-state index in [-0.39, 0.29) is 18.7 Å². The average Bonchev–Trinajstić information content (AvgIpc) is 2.57. The van der Waals surface area contributed by atoms with Crippen LogP contribution in [-0.4, -0.2) is 34.6 Å². The van der Waals surface area contributed by atoms with Gasteiger partial charge in [0.15, 0.2) is 5.78 Å². The molecule has 1 saturated heterocycles. The Kier molecular flexibility index (Phi) is 4.57. The van der Waals surface area contributed by atoms with Crippen molar-refractivity contribution in [2.45, 2.75) is 12.5 Å². The minimum absolute atomic E-state index is 0.0306. The summed E-state index contributed by atoms with van der Waals surface area (Å²) in [5.41, 5.74) is 1.64. The third-order valence-corrected chi connectivity index (χ3v) is 4.86. The summed E-state index contributed by atoms with van der Waals surface area (Å²) in [7, 11) is -4.48. The Labute approximate surface area is 140 Å². The number of aromatic nitrogens is 1. The van der Waals surface area contributed by atoms with E-state index >= 15 is 0 Å². The second-order valence-corrected chi connectivity index (χ2v) is 6.80. The van der Waals surface area contributed by atoms with E-state index in [4.69, 9.17) is 0 Å². The standard InChI is InChI=1S/C17H16N2O4S/c20-17-14(12-15-8-4-5-10-18-15)9-11-19(24(21,22)23)16(17)13-6-2-1-3-7-13/h1-8,10,12,16H,9,11H2,(H,21,22,23). The zero-order chi connectivity index (χ0) is 17.2. The van der Waals surface area contributed by atoms with Crippen LogP contribution in [0.15, 0.2) is 60.3 Å². The van der Waals surface area contributed by atoms with Crippen LogP contribution in [0.4, 0.5) is 0 Å². The third kappa shape index (κ3) is 3.43. The maximum Gasteiger partial charge on any atom is 0.336 e. The van der Waals surface area contributed by atoms with Crippen LogP contribution < -0.4 is 0 Å². The molecule has 1 aromatic heterocycles. The maximum atomic E-state index is 12.9.